The van der Waals surface area contributed by atoms with E-state index in [-0.39, 0.29) is 5.96 Å². The van der Waals surface area contributed by atoms with Crippen molar-refractivity contribution in [2.45, 2.75) is 6.54 Å². The van der Waals surface area contributed by atoms with Crippen molar-refractivity contribution in [1.82, 2.24) is 0 Å². The van der Waals surface area contributed by atoms with Crippen LogP contribution in [-0.4, -0.2) is 20.2 Å². The van der Waals surface area contributed by atoms with Crippen LogP contribution in [0.5, 0.6) is 11.5 Å². The number of nitrogens with one attached hydrogen (secondary N) is 1. The molecule has 2 aromatic carbocycles. The summed E-state index contributed by atoms with van der Waals surface area (Å²) in [5, 5.41) is 11.8. The highest BCUT2D eigenvalue weighted by molar-refractivity contribution is 5.94. The number of hydrogen-bond acceptors (Lipinski definition) is 4. The first-order valence-electron chi connectivity index (χ1n) is 6.94. The lowest BCUT2D eigenvalue weighted by Crippen LogP contribution is -2.23. The molecule has 0 bridgehead atoms. The van der Waals surface area contributed by atoms with E-state index in [0.717, 1.165) is 5.56 Å². The third-order valence-electron chi connectivity index (χ3n) is 3.18. The van der Waals surface area contributed by atoms with Crippen LogP contribution in [0, 0.1) is 11.3 Å². The third kappa shape index (κ3) is 4.38. The molecule has 0 heterocycles. The molecule has 0 aromatic heterocycles. The predicted molar refractivity (Wildman–Crippen MR) is 89.7 cm³/mol. The number of rotatable bonds is 5. The average molecular weight is 310 g/mol. The van der Waals surface area contributed by atoms with Crippen LogP contribution in [0.1, 0.15) is 11.1 Å². The van der Waals surface area contributed by atoms with Gasteiger partial charge in [-0.3, -0.25) is 0 Å². The molecule has 0 aliphatic carbocycles. The number of benzene rings is 2. The zero-order valence-electron chi connectivity index (χ0n) is 13.0. The molecule has 0 saturated heterocycles. The first kappa shape index (κ1) is 16.2. The number of methoxy groups -OCH3 is 2. The Morgan fingerprint density at radius 1 is 1.17 bits per heavy atom. The fourth-order valence-corrected chi connectivity index (χ4v) is 1.95. The minimum atomic E-state index is 0.265. The molecular weight excluding hydrogens is 292 g/mol. The van der Waals surface area contributed by atoms with Gasteiger partial charge in [-0.05, 0) is 29.8 Å². The minimum Gasteiger partial charge on any atom is -0.497 e. The molecule has 23 heavy (non-hydrogen) atoms. The van der Waals surface area contributed by atoms with Crippen molar-refractivity contribution in [2.24, 2.45) is 10.7 Å². The Morgan fingerprint density at radius 3 is 2.52 bits per heavy atom. The quantitative estimate of drug-likeness (QED) is 0.654. The van der Waals surface area contributed by atoms with Crippen LogP contribution in [0.15, 0.2) is 47.5 Å². The van der Waals surface area contributed by atoms with Crippen molar-refractivity contribution in [1.29, 1.82) is 5.26 Å². The topological polar surface area (TPSA) is 92.7 Å². The molecule has 2 aromatic rings. The molecule has 0 fully saturated rings. The van der Waals surface area contributed by atoms with E-state index in [9.17, 15) is 0 Å². The monoisotopic (exact) mass is 310 g/mol. The first-order chi connectivity index (χ1) is 11.2. The van der Waals surface area contributed by atoms with E-state index in [0.29, 0.717) is 29.3 Å². The molecule has 0 spiro atoms. The van der Waals surface area contributed by atoms with E-state index in [4.69, 9.17) is 20.5 Å². The normalized spacial score (nSPS) is 10.7. The maximum Gasteiger partial charge on any atom is 0.193 e. The summed E-state index contributed by atoms with van der Waals surface area (Å²) in [6.07, 6.45) is 0. The minimum absolute atomic E-state index is 0.265. The molecule has 118 valence electrons. The Balaban J connectivity index is 2.08. The van der Waals surface area contributed by atoms with E-state index in [1.807, 2.05) is 12.1 Å². The van der Waals surface area contributed by atoms with Gasteiger partial charge in [-0.15, -0.1) is 0 Å². The van der Waals surface area contributed by atoms with Gasteiger partial charge in [0.25, 0.3) is 0 Å². The van der Waals surface area contributed by atoms with E-state index >= 15 is 0 Å². The molecule has 0 radical (unpaired) electrons. The SMILES string of the molecule is COc1ccc(OC)c(NC(N)=NCc2ccc(C#N)cc2)c1. The highest BCUT2D eigenvalue weighted by Gasteiger charge is 2.06. The van der Waals surface area contributed by atoms with Gasteiger partial charge in [0.15, 0.2) is 5.96 Å². The first-order valence-corrected chi connectivity index (χ1v) is 6.94. The summed E-state index contributed by atoms with van der Waals surface area (Å²) in [4.78, 5) is 4.28. The van der Waals surface area contributed by atoms with E-state index in [1.54, 1.807) is 44.6 Å². The lowest BCUT2D eigenvalue weighted by molar-refractivity contribution is 0.405. The van der Waals surface area contributed by atoms with Crippen LogP contribution in [-0.2, 0) is 6.54 Å². The fraction of sp³-hybridized carbons (Fsp3) is 0.176. The lowest BCUT2D eigenvalue weighted by Gasteiger charge is -2.12. The second kappa shape index (κ2) is 7.71. The van der Waals surface area contributed by atoms with Gasteiger partial charge in [0.05, 0.1) is 38.1 Å². The Morgan fingerprint density at radius 2 is 1.91 bits per heavy atom. The van der Waals surface area contributed by atoms with Gasteiger partial charge >= 0.3 is 0 Å². The Labute approximate surface area is 135 Å². The predicted octanol–water partition coefficient (Wildman–Crippen LogP) is 2.50. The number of hydrogen-bond donors (Lipinski definition) is 2. The Bertz CT molecular complexity index is 733. The van der Waals surface area contributed by atoms with Gasteiger partial charge in [-0.1, -0.05) is 12.1 Å². The molecule has 0 amide bonds. The van der Waals surface area contributed by atoms with Crippen LogP contribution in [0.2, 0.25) is 0 Å². The van der Waals surface area contributed by atoms with Crippen LogP contribution in [0.4, 0.5) is 5.69 Å². The molecule has 0 aliphatic heterocycles. The van der Waals surface area contributed by atoms with Gasteiger partial charge in [-0.25, -0.2) is 4.99 Å². The van der Waals surface area contributed by atoms with Crippen LogP contribution < -0.4 is 20.5 Å². The Kier molecular flexibility index (Phi) is 5.42. The van der Waals surface area contributed by atoms with Crippen LogP contribution >= 0.6 is 0 Å². The average Bonchev–Trinajstić information content (AvgIpc) is 2.60. The van der Waals surface area contributed by atoms with Crippen LogP contribution in [0.3, 0.4) is 0 Å². The van der Waals surface area contributed by atoms with Gasteiger partial charge < -0.3 is 20.5 Å². The molecule has 3 N–H and O–H groups in total. The highest BCUT2D eigenvalue weighted by atomic mass is 16.5. The van der Waals surface area contributed by atoms with Gasteiger partial charge in [0.1, 0.15) is 11.5 Å². The highest BCUT2D eigenvalue weighted by Crippen LogP contribution is 2.28. The van der Waals surface area contributed by atoms with Crippen molar-refractivity contribution in [2.75, 3.05) is 19.5 Å². The second-order valence-electron chi connectivity index (χ2n) is 4.70. The number of aliphatic imine (C=N–C) groups is 1. The summed E-state index contributed by atoms with van der Waals surface area (Å²) in [5.74, 6) is 1.59. The Hall–Kier alpha value is -3.20. The lowest BCUT2D eigenvalue weighted by atomic mass is 10.1. The molecule has 2 rings (SSSR count). The van der Waals surface area contributed by atoms with E-state index in [1.165, 1.54) is 0 Å². The van der Waals surface area contributed by atoms with Crippen molar-refractivity contribution in [3.63, 3.8) is 0 Å². The molecule has 0 unspecified atom stereocenters. The van der Waals surface area contributed by atoms with E-state index in [2.05, 4.69) is 16.4 Å². The zero-order valence-corrected chi connectivity index (χ0v) is 13.0. The second-order valence-corrected chi connectivity index (χ2v) is 4.70. The van der Waals surface area contributed by atoms with Crippen molar-refractivity contribution in [3.05, 3.63) is 53.6 Å². The molecular formula is C17H18N4O2. The summed E-state index contributed by atoms with van der Waals surface area (Å²) in [6.45, 7) is 0.414. The zero-order chi connectivity index (χ0) is 16.7. The number of nitrogens with two attached hydrogens (primary N) is 1. The van der Waals surface area contributed by atoms with Gasteiger partial charge in [0.2, 0.25) is 0 Å². The van der Waals surface area contributed by atoms with Crippen molar-refractivity contribution < 1.29 is 9.47 Å². The molecule has 6 heteroatoms. The van der Waals surface area contributed by atoms with E-state index < -0.39 is 0 Å². The summed E-state index contributed by atoms with van der Waals surface area (Å²) in [7, 11) is 3.17. The van der Waals surface area contributed by atoms with Gasteiger partial charge in [0, 0.05) is 6.07 Å². The number of ether oxygens (including phenoxy) is 2. The molecule has 0 atom stereocenters. The number of anilines is 1. The fourth-order valence-electron chi connectivity index (χ4n) is 1.95. The summed E-state index contributed by atoms with van der Waals surface area (Å²) >= 11 is 0. The standard InChI is InChI=1S/C17H18N4O2/c1-22-14-7-8-16(23-2)15(9-14)21-17(19)20-11-13-5-3-12(10-18)4-6-13/h3-9H,11H2,1-2H3,(H3,19,20,21). The largest absolute Gasteiger partial charge is 0.497 e. The summed E-state index contributed by atoms with van der Waals surface area (Å²) in [5.41, 5.74) is 8.17. The van der Waals surface area contributed by atoms with Crippen molar-refractivity contribution >= 4 is 11.6 Å². The number of guanidine groups is 1. The summed E-state index contributed by atoms with van der Waals surface area (Å²) < 4.78 is 10.5. The maximum absolute atomic E-state index is 8.77. The maximum atomic E-state index is 8.77. The molecule has 0 saturated carbocycles. The third-order valence-corrected chi connectivity index (χ3v) is 3.18. The van der Waals surface area contributed by atoms with Crippen molar-refractivity contribution in [3.8, 4) is 17.6 Å². The van der Waals surface area contributed by atoms with Crippen LogP contribution in [0.25, 0.3) is 0 Å². The molecule has 0 aliphatic rings. The summed E-state index contributed by atoms with van der Waals surface area (Å²) in [6, 6.07) is 14.6. The number of nitrogens with zero attached hydrogens (tertiary/aromatic N) is 2. The number of nitriles is 1. The van der Waals surface area contributed by atoms with Gasteiger partial charge in [-0.2, -0.15) is 5.26 Å². The molecule has 6 nitrogen and oxygen atoms in total. The smallest absolute Gasteiger partial charge is 0.193 e.